The fourth-order valence-electron chi connectivity index (χ4n) is 1.44. The van der Waals surface area contributed by atoms with E-state index < -0.39 is 10.0 Å². The fourth-order valence-corrected chi connectivity index (χ4v) is 2.25. The second-order valence-electron chi connectivity index (χ2n) is 3.90. The monoisotopic (exact) mass is 268 g/mol. The molecule has 0 saturated carbocycles. The number of benzene rings is 1. The molecular weight excluding hydrogens is 252 g/mol. The SMILES string of the molecule is C=CCCC(=O)Nc1ccc(C)c(S(N)(=O)=O)c1. The van der Waals surface area contributed by atoms with Crippen LogP contribution in [-0.2, 0) is 14.8 Å². The molecule has 0 radical (unpaired) electrons. The number of anilines is 1. The van der Waals surface area contributed by atoms with Crippen LogP contribution in [0.15, 0.2) is 35.7 Å². The number of allylic oxidation sites excluding steroid dienone is 1. The van der Waals surface area contributed by atoms with Crippen molar-refractivity contribution in [3.8, 4) is 0 Å². The lowest BCUT2D eigenvalue weighted by Gasteiger charge is -2.08. The van der Waals surface area contributed by atoms with Crippen LogP contribution in [0, 0.1) is 6.92 Å². The molecule has 0 fully saturated rings. The van der Waals surface area contributed by atoms with Gasteiger partial charge < -0.3 is 5.32 Å². The van der Waals surface area contributed by atoms with Crippen LogP contribution in [0.3, 0.4) is 0 Å². The maximum absolute atomic E-state index is 11.5. The minimum absolute atomic E-state index is 0.0176. The van der Waals surface area contributed by atoms with Crippen molar-refractivity contribution in [1.29, 1.82) is 0 Å². The number of hydrogen-bond donors (Lipinski definition) is 2. The van der Waals surface area contributed by atoms with E-state index in [4.69, 9.17) is 5.14 Å². The number of aryl methyl sites for hydroxylation is 1. The van der Waals surface area contributed by atoms with Gasteiger partial charge in [-0.1, -0.05) is 12.1 Å². The van der Waals surface area contributed by atoms with Gasteiger partial charge in [0.1, 0.15) is 0 Å². The molecule has 0 aliphatic heterocycles. The van der Waals surface area contributed by atoms with E-state index >= 15 is 0 Å². The Labute approximate surface area is 107 Å². The normalized spacial score (nSPS) is 11.0. The number of hydrogen-bond acceptors (Lipinski definition) is 3. The molecule has 3 N–H and O–H groups in total. The van der Waals surface area contributed by atoms with Crippen LogP contribution in [0.1, 0.15) is 18.4 Å². The van der Waals surface area contributed by atoms with E-state index in [0.717, 1.165) is 0 Å². The zero-order valence-electron chi connectivity index (χ0n) is 10.1. The highest BCUT2D eigenvalue weighted by atomic mass is 32.2. The van der Waals surface area contributed by atoms with Crippen LogP contribution in [0.2, 0.25) is 0 Å². The van der Waals surface area contributed by atoms with E-state index in [0.29, 0.717) is 24.1 Å². The average molecular weight is 268 g/mol. The number of amides is 1. The van der Waals surface area contributed by atoms with Crippen LogP contribution >= 0.6 is 0 Å². The molecule has 18 heavy (non-hydrogen) atoms. The molecule has 0 atom stereocenters. The number of rotatable bonds is 5. The third-order valence-electron chi connectivity index (χ3n) is 2.35. The third kappa shape index (κ3) is 3.97. The van der Waals surface area contributed by atoms with E-state index in [2.05, 4.69) is 11.9 Å². The molecule has 5 nitrogen and oxygen atoms in total. The Morgan fingerprint density at radius 2 is 2.17 bits per heavy atom. The van der Waals surface area contributed by atoms with Crippen molar-refractivity contribution < 1.29 is 13.2 Å². The highest BCUT2D eigenvalue weighted by Gasteiger charge is 2.12. The first-order chi connectivity index (χ1) is 8.34. The Kier molecular flexibility index (Phi) is 4.63. The molecule has 0 saturated heterocycles. The quantitative estimate of drug-likeness (QED) is 0.794. The highest BCUT2D eigenvalue weighted by Crippen LogP contribution is 2.19. The minimum Gasteiger partial charge on any atom is -0.326 e. The second-order valence-corrected chi connectivity index (χ2v) is 5.43. The lowest BCUT2D eigenvalue weighted by molar-refractivity contribution is -0.116. The maximum Gasteiger partial charge on any atom is 0.238 e. The summed E-state index contributed by atoms with van der Waals surface area (Å²) < 4.78 is 22.6. The molecule has 1 aromatic carbocycles. The van der Waals surface area contributed by atoms with Gasteiger partial charge in [-0.2, -0.15) is 0 Å². The smallest absolute Gasteiger partial charge is 0.238 e. The van der Waals surface area contributed by atoms with Crippen LogP contribution in [0.5, 0.6) is 0 Å². The van der Waals surface area contributed by atoms with Crippen LogP contribution < -0.4 is 10.5 Å². The number of carbonyl (C=O) groups excluding carboxylic acids is 1. The van der Waals surface area contributed by atoms with Crippen molar-refractivity contribution in [2.24, 2.45) is 5.14 Å². The van der Waals surface area contributed by atoms with Gasteiger partial charge in [0.25, 0.3) is 0 Å². The predicted octanol–water partition coefficient (Wildman–Crippen LogP) is 1.55. The molecule has 0 aliphatic carbocycles. The van der Waals surface area contributed by atoms with Crippen molar-refractivity contribution in [3.05, 3.63) is 36.4 Å². The zero-order valence-corrected chi connectivity index (χ0v) is 11.0. The zero-order chi connectivity index (χ0) is 13.8. The predicted molar refractivity (Wildman–Crippen MR) is 70.6 cm³/mol. The van der Waals surface area contributed by atoms with Crippen molar-refractivity contribution in [2.75, 3.05) is 5.32 Å². The first kappa shape index (κ1) is 14.4. The molecule has 1 aromatic rings. The molecule has 0 heterocycles. The standard InChI is InChI=1S/C12H16N2O3S/c1-3-4-5-12(15)14-10-7-6-9(2)11(8-10)18(13,16)17/h3,6-8H,1,4-5H2,2H3,(H,14,15)(H2,13,16,17). The maximum atomic E-state index is 11.5. The van der Waals surface area contributed by atoms with E-state index in [9.17, 15) is 13.2 Å². The Hall–Kier alpha value is -1.66. The lowest BCUT2D eigenvalue weighted by atomic mass is 10.2. The summed E-state index contributed by atoms with van der Waals surface area (Å²) in [5, 5.41) is 7.69. The molecule has 6 heteroatoms. The molecule has 1 rings (SSSR count). The Morgan fingerprint density at radius 1 is 1.50 bits per heavy atom. The second kappa shape index (κ2) is 5.79. The van der Waals surface area contributed by atoms with E-state index in [1.807, 2.05) is 0 Å². The Morgan fingerprint density at radius 3 is 2.72 bits per heavy atom. The number of nitrogens with one attached hydrogen (secondary N) is 1. The number of carbonyl (C=O) groups is 1. The molecular formula is C12H16N2O3S. The van der Waals surface area contributed by atoms with Gasteiger partial charge in [0.2, 0.25) is 15.9 Å². The van der Waals surface area contributed by atoms with E-state index in [1.54, 1.807) is 25.1 Å². The third-order valence-corrected chi connectivity index (χ3v) is 3.41. The van der Waals surface area contributed by atoms with E-state index in [1.165, 1.54) is 6.07 Å². The minimum atomic E-state index is -3.78. The van der Waals surface area contributed by atoms with Gasteiger partial charge >= 0.3 is 0 Å². The summed E-state index contributed by atoms with van der Waals surface area (Å²) in [7, 11) is -3.78. The van der Waals surface area contributed by atoms with Crippen molar-refractivity contribution >= 4 is 21.6 Å². The van der Waals surface area contributed by atoms with Crippen molar-refractivity contribution in [2.45, 2.75) is 24.7 Å². The van der Waals surface area contributed by atoms with Gasteiger partial charge in [-0.25, -0.2) is 13.6 Å². The Bertz CT molecular complexity index is 565. The summed E-state index contributed by atoms with van der Waals surface area (Å²) >= 11 is 0. The summed E-state index contributed by atoms with van der Waals surface area (Å²) in [5.41, 5.74) is 0.959. The van der Waals surface area contributed by atoms with Crippen LogP contribution in [0.4, 0.5) is 5.69 Å². The fraction of sp³-hybridized carbons (Fsp3) is 0.250. The molecule has 0 aromatic heterocycles. The van der Waals surface area contributed by atoms with Crippen molar-refractivity contribution in [1.82, 2.24) is 0 Å². The average Bonchev–Trinajstić information content (AvgIpc) is 2.27. The van der Waals surface area contributed by atoms with Crippen LogP contribution in [-0.4, -0.2) is 14.3 Å². The van der Waals surface area contributed by atoms with Gasteiger partial charge in [0.05, 0.1) is 4.90 Å². The summed E-state index contributed by atoms with van der Waals surface area (Å²) in [6, 6.07) is 4.59. The van der Waals surface area contributed by atoms with Gasteiger partial charge in [0, 0.05) is 12.1 Å². The summed E-state index contributed by atoms with van der Waals surface area (Å²) in [5.74, 6) is -0.195. The molecule has 0 bridgehead atoms. The lowest BCUT2D eigenvalue weighted by Crippen LogP contribution is -2.15. The molecule has 0 spiro atoms. The molecule has 98 valence electrons. The van der Waals surface area contributed by atoms with Gasteiger partial charge in [-0.05, 0) is 31.0 Å². The number of primary sulfonamides is 1. The summed E-state index contributed by atoms with van der Waals surface area (Å²) in [6.07, 6.45) is 2.52. The summed E-state index contributed by atoms with van der Waals surface area (Å²) in [4.78, 5) is 11.5. The largest absolute Gasteiger partial charge is 0.326 e. The molecule has 0 unspecified atom stereocenters. The van der Waals surface area contributed by atoms with Crippen LogP contribution in [0.25, 0.3) is 0 Å². The van der Waals surface area contributed by atoms with Gasteiger partial charge in [-0.15, -0.1) is 6.58 Å². The van der Waals surface area contributed by atoms with Gasteiger partial charge in [0.15, 0.2) is 0 Å². The van der Waals surface area contributed by atoms with E-state index in [-0.39, 0.29) is 10.8 Å². The number of sulfonamides is 1. The number of nitrogens with two attached hydrogens (primary N) is 1. The highest BCUT2D eigenvalue weighted by molar-refractivity contribution is 7.89. The Balaban J connectivity index is 2.93. The topological polar surface area (TPSA) is 89.3 Å². The molecule has 0 aliphatic rings. The van der Waals surface area contributed by atoms with Gasteiger partial charge in [-0.3, -0.25) is 4.79 Å². The molecule has 1 amide bonds. The first-order valence-electron chi connectivity index (χ1n) is 5.39. The first-order valence-corrected chi connectivity index (χ1v) is 6.93. The summed E-state index contributed by atoms with van der Waals surface area (Å²) in [6.45, 7) is 5.16. The van der Waals surface area contributed by atoms with Crippen molar-refractivity contribution in [3.63, 3.8) is 0 Å².